The number of rotatable bonds is 3. The molecule has 0 spiro atoms. The summed E-state index contributed by atoms with van der Waals surface area (Å²) < 4.78 is 27.3. The van der Waals surface area contributed by atoms with Gasteiger partial charge in [0.1, 0.15) is 17.5 Å². The number of hydrogen-bond donors (Lipinski definition) is 1. The number of hydrogen-bond acceptors (Lipinski definition) is 4. The average Bonchev–Trinajstić information content (AvgIpc) is 2.83. The van der Waals surface area contributed by atoms with E-state index >= 15 is 0 Å². The first-order valence-corrected chi connectivity index (χ1v) is 6.76. The standard InChI is InChI=1S/C15H15F2N3O/c16-10-2-3-13(17)12(6-10)14-7-11(21)8-20(14)9-15-18-4-1-5-19-15/h1-6,11,14,21H,7-9H2/t11-,14-/m1/s1. The van der Waals surface area contributed by atoms with E-state index in [9.17, 15) is 13.9 Å². The molecule has 4 nitrogen and oxygen atoms in total. The number of benzene rings is 1. The molecule has 1 fully saturated rings. The minimum atomic E-state index is -0.568. The third-order valence-corrected chi connectivity index (χ3v) is 3.66. The van der Waals surface area contributed by atoms with Crippen molar-refractivity contribution in [3.8, 4) is 0 Å². The van der Waals surface area contributed by atoms with Crippen molar-refractivity contribution >= 4 is 0 Å². The van der Waals surface area contributed by atoms with Gasteiger partial charge in [0.2, 0.25) is 0 Å². The molecule has 21 heavy (non-hydrogen) atoms. The van der Waals surface area contributed by atoms with E-state index in [0.29, 0.717) is 25.3 Å². The van der Waals surface area contributed by atoms with Crippen molar-refractivity contribution in [2.75, 3.05) is 6.54 Å². The van der Waals surface area contributed by atoms with Crippen LogP contribution in [0.3, 0.4) is 0 Å². The van der Waals surface area contributed by atoms with E-state index < -0.39 is 17.7 Å². The van der Waals surface area contributed by atoms with Crippen LogP contribution in [-0.4, -0.2) is 32.6 Å². The summed E-state index contributed by atoms with van der Waals surface area (Å²) in [5.74, 6) is -0.355. The number of β-amino-alcohol motifs (C(OH)–C–C–N with tert-alkyl or cyclic N) is 1. The monoisotopic (exact) mass is 291 g/mol. The Bertz CT molecular complexity index is 624. The highest BCUT2D eigenvalue weighted by molar-refractivity contribution is 5.24. The van der Waals surface area contributed by atoms with Gasteiger partial charge in [0.05, 0.1) is 12.6 Å². The van der Waals surface area contributed by atoms with Gasteiger partial charge in [0.15, 0.2) is 0 Å². The summed E-state index contributed by atoms with van der Waals surface area (Å²) in [4.78, 5) is 10.1. The molecule has 0 aliphatic carbocycles. The van der Waals surface area contributed by atoms with Crippen LogP contribution < -0.4 is 0 Å². The van der Waals surface area contributed by atoms with E-state index in [1.807, 2.05) is 4.90 Å². The van der Waals surface area contributed by atoms with Crippen LogP contribution in [0.25, 0.3) is 0 Å². The number of aliphatic hydroxyl groups is 1. The molecule has 1 aliphatic heterocycles. The second-order valence-corrected chi connectivity index (χ2v) is 5.17. The van der Waals surface area contributed by atoms with E-state index in [4.69, 9.17) is 0 Å². The summed E-state index contributed by atoms with van der Waals surface area (Å²) in [6, 6.07) is 4.74. The summed E-state index contributed by atoms with van der Waals surface area (Å²) in [6.45, 7) is 0.775. The van der Waals surface area contributed by atoms with Gasteiger partial charge in [0.25, 0.3) is 0 Å². The van der Waals surface area contributed by atoms with Crippen LogP contribution in [0.4, 0.5) is 8.78 Å². The van der Waals surface area contributed by atoms with Gasteiger partial charge in [-0.05, 0) is 30.7 Å². The van der Waals surface area contributed by atoms with E-state index in [-0.39, 0.29) is 11.6 Å². The second kappa shape index (κ2) is 5.83. The summed E-state index contributed by atoms with van der Waals surface area (Å²) >= 11 is 0. The van der Waals surface area contributed by atoms with Gasteiger partial charge in [-0.2, -0.15) is 0 Å². The first-order chi connectivity index (χ1) is 10.1. The second-order valence-electron chi connectivity index (χ2n) is 5.17. The highest BCUT2D eigenvalue weighted by Crippen LogP contribution is 2.34. The summed E-state index contributed by atoms with van der Waals surface area (Å²) in [5.41, 5.74) is 0.266. The van der Waals surface area contributed by atoms with Gasteiger partial charge in [-0.1, -0.05) is 0 Å². The zero-order valence-corrected chi connectivity index (χ0v) is 11.3. The molecule has 1 N–H and O–H groups in total. The van der Waals surface area contributed by atoms with Crippen molar-refractivity contribution in [1.29, 1.82) is 0 Å². The minimum Gasteiger partial charge on any atom is -0.392 e. The van der Waals surface area contributed by atoms with Crippen molar-refractivity contribution in [1.82, 2.24) is 14.9 Å². The van der Waals surface area contributed by atoms with Crippen LogP contribution in [0.1, 0.15) is 23.9 Å². The quantitative estimate of drug-likeness (QED) is 0.940. The molecule has 0 unspecified atom stereocenters. The zero-order valence-electron chi connectivity index (χ0n) is 11.3. The Hall–Kier alpha value is -1.92. The lowest BCUT2D eigenvalue weighted by Gasteiger charge is -2.24. The SMILES string of the molecule is O[C@@H]1C[C@H](c2cc(F)ccc2F)N(Cc2ncccn2)C1. The molecule has 6 heteroatoms. The van der Waals surface area contributed by atoms with E-state index in [0.717, 1.165) is 12.1 Å². The number of aliphatic hydroxyl groups excluding tert-OH is 1. The molecule has 1 aromatic heterocycles. The third kappa shape index (κ3) is 3.06. The highest BCUT2D eigenvalue weighted by atomic mass is 19.1. The fourth-order valence-electron chi connectivity index (χ4n) is 2.74. The van der Waals surface area contributed by atoms with Crippen LogP contribution in [0, 0.1) is 11.6 Å². The normalized spacial score (nSPS) is 22.6. The lowest BCUT2D eigenvalue weighted by molar-refractivity contribution is 0.171. The third-order valence-electron chi connectivity index (χ3n) is 3.66. The number of likely N-dealkylation sites (tertiary alicyclic amines) is 1. The molecule has 2 aromatic rings. The van der Waals surface area contributed by atoms with Crippen LogP contribution in [0.2, 0.25) is 0 Å². The maximum atomic E-state index is 14.0. The van der Waals surface area contributed by atoms with Crippen LogP contribution in [0.5, 0.6) is 0 Å². The minimum absolute atomic E-state index is 0.266. The van der Waals surface area contributed by atoms with Gasteiger partial charge < -0.3 is 5.11 Å². The Morgan fingerprint density at radius 2 is 2.00 bits per heavy atom. The molecular formula is C15H15F2N3O. The fraction of sp³-hybridized carbons (Fsp3) is 0.333. The summed E-state index contributed by atoms with van der Waals surface area (Å²) in [6.07, 6.45) is 3.06. The van der Waals surface area contributed by atoms with Crippen molar-refractivity contribution < 1.29 is 13.9 Å². The molecule has 110 valence electrons. The maximum absolute atomic E-state index is 14.0. The van der Waals surface area contributed by atoms with Gasteiger partial charge in [0, 0.05) is 30.5 Å². The first-order valence-electron chi connectivity index (χ1n) is 6.76. The lowest BCUT2D eigenvalue weighted by Crippen LogP contribution is -2.26. The molecule has 3 rings (SSSR count). The maximum Gasteiger partial charge on any atom is 0.142 e. The van der Waals surface area contributed by atoms with Crippen molar-refractivity contribution in [2.45, 2.75) is 25.1 Å². The zero-order chi connectivity index (χ0) is 14.8. The topological polar surface area (TPSA) is 49.2 Å². The van der Waals surface area contributed by atoms with Gasteiger partial charge in [-0.3, -0.25) is 4.90 Å². The van der Waals surface area contributed by atoms with Gasteiger partial charge in [-0.25, -0.2) is 18.7 Å². The predicted molar refractivity (Wildman–Crippen MR) is 72.2 cm³/mol. The first kappa shape index (κ1) is 14.0. The molecule has 2 heterocycles. The molecule has 0 bridgehead atoms. The Kier molecular flexibility index (Phi) is 3.90. The average molecular weight is 291 g/mol. The lowest BCUT2D eigenvalue weighted by atomic mass is 10.0. The molecule has 1 aliphatic rings. The van der Waals surface area contributed by atoms with Crippen molar-refractivity contribution in [3.05, 3.63) is 59.7 Å². The van der Waals surface area contributed by atoms with Crippen molar-refractivity contribution in [2.24, 2.45) is 0 Å². The Balaban J connectivity index is 1.87. The van der Waals surface area contributed by atoms with Gasteiger partial charge >= 0.3 is 0 Å². The summed E-state index contributed by atoms with van der Waals surface area (Å²) in [5, 5.41) is 9.87. The molecule has 2 atom stereocenters. The Morgan fingerprint density at radius 3 is 2.76 bits per heavy atom. The number of nitrogens with zero attached hydrogens (tertiary/aromatic N) is 3. The fourth-order valence-corrected chi connectivity index (χ4v) is 2.74. The van der Waals surface area contributed by atoms with Crippen LogP contribution in [0.15, 0.2) is 36.7 Å². The van der Waals surface area contributed by atoms with E-state index in [1.54, 1.807) is 18.5 Å². The molecule has 1 saturated heterocycles. The van der Waals surface area contributed by atoms with E-state index in [1.165, 1.54) is 6.07 Å². The molecule has 0 amide bonds. The summed E-state index contributed by atoms with van der Waals surface area (Å²) in [7, 11) is 0. The smallest absolute Gasteiger partial charge is 0.142 e. The molecule has 0 radical (unpaired) electrons. The number of aromatic nitrogens is 2. The van der Waals surface area contributed by atoms with Crippen LogP contribution >= 0.6 is 0 Å². The Labute approximate surface area is 121 Å². The van der Waals surface area contributed by atoms with Crippen LogP contribution in [-0.2, 0) is 6.54 Å². The largest absolute Gasteiger partial charge is 0.392 e. The van der Waals surface area contributed by atoms with Gasteiger partial charge in [-0.15, -0.1) is 0 Å². The number of halogens is 2. The highest BCUT2D eigenvalue weighted by Gasteiger charge is 2.34. The predicted octanol–water partition coefficient (Wildman–Crippen LogP) is 2.06. The van der Waals surface area contributed by atoms with E-state index in [2.05, 4.69) is 9.97 Å². The molecule has 0 saturated carbocycles. The molecular weight excluding hydrogens is 276 g/mol. The Morgan fingerprint density at radius 1 is 1.24 bits per heavy atom. The van der Waals surface area contributed by atoms with Crippen molar-refractivity contribution in [3.63, 3.8) is 0 Å². The molecule has 1 aromatic carbocycles.